The predicted octanol–water partition coefficient (Wildman–Crippen LogP) is 3.12. The number of halogens is 1. The molecule has 2 rings (SSSR count). The first-order valence-corrected chi connectivity index (χ1v) is 7.96. The number of aliphatic carboxylic acids is 1. The van der Waals surface area contributed by atoms with Gasteiger partial charge in [0.15, 0.2) is 11.7 Å². The third-order valence-corrected chi connectivity index (χ3v) is 3.98. The van der Waals surface area contributed by atoms with Crippen LogP contribution < -0.4 is 10.1 Å². The normalized spacial score (nSPS) is 12.0. The smallest absolute Gasteiger partial charge is 0.330 e. The number of carbonyl (C=O) groups is 2. The van der Waals surface area contributed by atoms with Crippen molar-refractivity contribution in [2.75, 3.05) is 7.11 Å². The van der Waals surface area contributed by atoms with E-state index in [0.717, 1.165) is 0 Å². The molecule has 1 atom stereocenters. The Hall–Kier alpha value is -2.35. The number of nitrogens with zero attached hydrogens (tertiary/aromatic N) is 1. The number of benzene rings is 1. The summed E-state index contributed by atoms with van der Waals surface area (Å²) in [6.45, 7) is 3.80. The summed E-state index contributed by atoms with van der Waals surface area (Å²) in [4.78, 5) is 23.8. The lowest BCUT2D eigenvalue weighted by Crippen LogP contribution is -2.34. The molecule has 1 heterocycles. The molecule has 1 aromatic heterocycles. The van der Waals surface area contributed by atoms with Gasteiger partial charge in [-0.25, -0.2) is 4.79 Å². The summed E-state index contributed by atoms with van der Waals surface area (Å²) in [6.07, 6.45) is 0. The topological polar surface area (TPSA) is 102 Å². The van der Waals surface area contributed by atoms with Gasteiger partial charge in [-0.05, 0) is 33.6 Å². The zero-order chi connectivity index (χ0) is 17.9. The van der Waals surface area contributed by atoms with Crippen molar-refractivity contribution in [3.8, 4) is 5.75 Å². The molecule has 8 heteroatoms. The van der Waals surface area contributed by atoms with Gasteiger partial charge in [0.25, 0.3) is 5.91 Å². The van der Waals surface area contributed by atoms with Crippen molar-refractivity contribution in [3.63, 3.8) is 0 Å². The number of carboxylic acids is 1. The molecule has 7 nitrogen and oxygen atoms in total. The summed E-state index contributed by atoms with van der Waals surface area (Å²) < 4.78 is 10.8. The first kappa shape index (κ1) is 18.0. The van der Waals surface area contributed by atoms with Gasteiger partial charge in [0.2, 0.25) is 0 Å². The summed E-state index contributed by atoms with van der Waals surface area (Å²) in [6, 6.07) is 5.06. The van der Waals surface area contributed by atoms with E-state index < -0.39 is 17.9 Å². The highest BCUT2D eigenvalue weighted by molar-refractivity contribution is 9.10. The lowest BCUT2D eigenvalue weighted by molar-refractivity contribution is -0.139. The molecule has 0 saturated carbocycles. The number of aromatic nitrogens is 1. The summed E-state index contributed by atoms with van der Waals surface area (Å²) in [5.74, 6) is -0.614. The van der Waals surface area contributed by atoms with Crippen LogP contribution in [-0.2, 0) is 4.79 Å². The number of ether oxygens (including phenoxy) is 1. The molecule has 0 aliphatic carbocycles. The van der Waals surface area contributed by atoms with Gasteiger partial charge >= 0.3 is 5.97 Å². The molecule has 1 aromatic carbocycles. The highest BCUT2D eigenvalue weighted by atomic mass is 79.9. The number of hydrogen-bond donors (Lipinski definition) is 2. The molecule has 0 radical (unpaired) electrons. The van der Waals surface area contributed by atoms with Gasteiger partial charge < -0.3 is 19.7 Å². The molecular weight excluding hydrogens is 380 g/mol. The minimum atomic E-state index is -1.22. The summed E-state index contributed by atoms with van der Waals surface area (Å²) in [5, 5.41) is 15.6. The lowest BCUT2D eigenvalue weighted by atomic mass is 10.1. The predicted molar refractivity (Wildman–Crippen MR) is 89.1 cm³/mol. The van der Waals surface area contributed by atoms with E-state index in [1.165, 1.54) is 13.2 Å². The van der Waals surface area contributed by atoms with E-state index in [4.69, 9.17) is 9.26 Å². The Morgan fingerprint density at radius 2 is 2.04 bits per heavy atom. The number of amides is 1. The molecule has 0 aliphatic heterocycles. The molecule has 0 fully saturated rings. The van der Waals surface area contributed by atoms with Crippen molar-refractivity contribution in [2.45, 2.75) is 25.8 Å². The molecule has 24 heavy (non-hydrogen) atoms. The van der Waals surface area contributed by atoms with Gasteiger partial charge in [0.05, 0.1) is 11.6 Å². The van der Waals surface area contributed by atoms with Crippen LogP contribution >= 0.6 is 15.9 Å². The highest BCUT2D eigenvalue weighted by Crippen LogP contribution is 2.28. The number of methoxy groups -OCH3 is 1. The zero-order valence-corrected chi connectivity index (χ0v) is 15.0. The molecule has 1 unspecified atom stereocenters. The van der Waals surface area contributed by atoms with Crippen LogP contribution in [0.3, 0.4) is 0 Å². The van der Waals surface area contributed by atoms with Crippen molar-refractivity contribution in [1.29, 1.82) is 0 Å². The van der Waals surface area contributed by atoms with E-state index in [0.29, 0.717) is 21.5 Å². The third-order valence-electron chi connectivity index (χ3n) is 3.36. The van der Waals surface area contributed by atoms with Gasteiger partial charge in [-0.3, -0.25) is 4.79 Å². The third kappa shape index (κ3) is 3.94. The van der Waals surface area contributed by atoms with E-state index in [9.17, 15) is 14.7 Å². The van der Waals surface area contributed by atoms with E-state index in [-0.39, 0.29) is 11.6 Å². The fraction of sp³-hybridized carbons (Fsp3) is 0.312. The van der Waals surface area contributed by atoms with Gasteiger partial charge in [0, 0.05) is 12.0 Å². The van der Waals surface area contributed by atoms with Gasteiger partial charge in [-0.2, -0.15) is 0 Å². The summed E-state index contributed by atoms with van der Waals surface area (Å²) >= 11 is 3.30. The Balaban J connectivity index is 2.23. The van der Waals surface area contributed by atoms with E-state index in [1.807, 2.05) is 13.8 Å². The monoisotopic (exact) mass is 396 g/mol. The first-order valence-electron chi connectivity index (χ1n) is 7.17. The Morgan fingerprint density at radius 3 is 2.54 bits per heavy atom. The highest BCUT2D eigenvalue weighted by Gasteiger charge is 2.25. The van der Waals surface area contributed by atoms with Crippen molar-refractivity contribution in [1.82, 2.24) is 10.5 Å². The molecule has 128 valence electrons. The largest absolute Gasteiger partial charge is 0.496 e. The lowest BCUT2D eigenvalue weighted by Gasteiger charge is -2.15. The molecule has 1 amide bonds. The number of hydrogen-bond acceptors (Lipinski definition) is 5. The van der Waals surface area contributed by atoms with Crippen molar-refractivity contribution < 1.29 is 24.0 Å². The molecule has 0 bridgehead atoms. The molecule has 0 spiro atoms. The van der Waals surface area contributed by atoms with Crippen molar-refractivity contribution in [3.05, 3.63) is 45.8 Å². The second-order valence-corrected chi connectivity index (χ2v) is 6.26. The number of carboxylic acid groups (broad SMARTS) is 1. The van der Waals surface area contributed by atoms with E-state index in [2.05, 4.69) is 26.4 Å². The van der Waals surface area contributed by atoms with Crippen LogP contribution in [-0.4, -0.2) is 29.2 Å². The second-order valence-electron chi connectivity index (χ2n) is 5.41. The standard InChI is InChI=1S/C16H17BrN2O5/c1-8(2)13-7-11(19-24-13)15(20)18-14(16(21)22)9-4-5-12(23-3)10(17)6-9/h4-8,14H,1-3H3,(H,18,20)(H,21,22). The molecule has 0 aliphatic rings. The van der Waals surface area contributed by atoms with Crippen molar-refractivity contribution in [2.24, 2.45) is 0 Å². The Bertz CT molecular complexity index is 757. The van der Waals surface area contributed by atoms with Crippen LogP contribution in [0.25, 0.3) is 0 Å². The van der Waals surface area contributed by atoms with Gasteiger partial charge in [-0.1, -0.05) is 25.1 Å². The summed E-state index contributed by atoms with van der Waals surface area (Å²) in [5.41, 5.74) is 0.439. The number of rotatable bonds is 6. The Labute approximate surface area is 147 Å². The van der Waals surface area contributed by atoms with E-state index in [1.54, 1.807) is 18.2 Å². The fourth-order valence-corrected chi connectivity index (χ4v) is 2.58. The van der Waals surface area contributed by atoms with Crippen LogP contribution in [0.5, 0.6) is 5.75 Å². The minimum Gasteiger partial charge on any atom is -0.496 e. The van der Waals surface area contributed by atoms with Crippen LogP contribution in [0.2, 0.25) is 0 Å². The SMILES string of the molecule is COc1ccc(C(NC(=O)c2cc(C(C)C)on2)C(=O)O)cc1Br. The first-order chi connectivity index (χ1) is 11.3. The molecular formula is C16H17BrN2O5. The van der Waals surface area contributed by atoms with Crippen LogP contribution in [0, 0.1) is 0 Å². The van der Waals surface area contributed by atoms with Crippen LogP contribution in [0.1, 0.15) is 47.6 Å². The molecule has 0 saturated heterocycles. The average molecular weight is 397 g/mol. The van der Waals surface area contributed by atoms with Crippen LogP contribution in [0.15, 0.2) is 33.3 Å². The Morgan fingerprint density at radius 1 is 1.33 bits per heavy atom. The maximum absolute atomic E-state index is 12.2. The zero-order valence-electron chi connectivity index (χ0n) is 13.4. The minimum absolute atomic E-state index is 0.0394. The van der Waals surface area contributed by atoms with Gasteiger partial charge in [0.1, 0.15) is 11.5 Å². The average Bonchev–Trinajstić information content (AvgIpc) is 3.02. The maximum Gasteiger partial charge on any atom is 0.330 e. The number of carbonyl (C=O) groups excluding carboxylic acids is 1. The number of nitrogens with one attached hydrogen (secondary N) is 1. The second kappa shape index (κ2) is 7.48. The quantitative estimate of drug-likeness (QED) is 0.777. The summed E-state index contributed by atoms with van der Waals surface area (Å²) in [7, 11) is 1.51. The van der Waals surface area contributed by atoms with E-state index >= 15 is 0 Å². The maximum atomic E-state index is 12.2. The molecule has 2 aromatic rings. The van der Waals surface area contributed by atoms with Crippen molar-refractivity contribution >= 4 is 27.8 Å². The molecule has 2 N–H and O–H groups in total. The Kier molecular flexibility index (Phi) is 5.61. The van der Waals surface area contributed by atoms with Crippen LogP contribution in [0.4, 0.5) is 0 Å². The van der Waals surface area contributed by atoms with Gasteiger partial charge in [-0.15, -0.1) is 0 Å². The fourth-order valence-electron chi connectivity index (χ4n) is 2.02.